The first-order valence-electron chi connectivity index (χ1n) is 9.92. The molecule has 2 aromatic rings. The summed E-state index contributed by atoms with van der Waals surface area (Å²) in [6.45, 7) is 10.2. The number of rotatable bonds is 5. The van der Waals surface area contributed by atoms with Crippen LogP contribution in [0.25, 0.3) is 0 Å². The predicted octanol–water partition coefficient (Wildman–Crippen LogP) is 4.60. The van der Waals surface area contributed by atoms with Crippen LogP contribution in [0, 0.1) is 19.7 Å². The Balaban J connectivity index is 1.57. The molecule has 1 aliphatic rings. The van der Waals surface area contributed by atoms with Crippen LogP contribution in [-0.2, 0) is 11.3 Å². The number of benzene rings is 2. The van der Waals surface area contributed by atoms with Gasteiger partial charge in [0.05, 0.1) is 0 Å². The largest absolute Gasteiger partial charge is 0.484 e. The fourth-order valence-corrected chi connectivity index (χ4v) is 3.92. The lowest BCUT2D eigenvalue weighted by Crippen LogP contribution is -2.58. The van der Waals surface area contributed by atoms with Crippen LogP contribution in [0.15, 0.2) is 36.4 Å². The molecular formula is C23H28ClFN2O2. The number of hydrogen-bond donors (Lipinski definition) is 0. The normalized spacial score (nSPS) is 20.0. The lowest BCUT2D eigenvalue weighted by molar-refractivity contribution is -0.139. The zero-order valence-electron chi connectivity index (χ0n) is 17.4. The molecule has 1 amide bonds. The fraction of sp³-hybridized carbons (Fsp3) is 0.435. The fourth-order valence-electron chi connectivity index (χ4n) is 3.81. The van der Waals surface area contributed by atoms with E-state index >= 15 is 0 Å². The molecule has 3 rings (SSSR count). The standard InChI is InChI=1S/C23H28ClFN2O2/c1-15-9-21(10-16(2)23(15)24)29-14-22(28)27-12-17(3)26(11-18(27)4)13-19-5-7-20(25)8-6-19/h5-10,17-18H,11-14H2,1-4H3. The smallest absolute Gasteiger partial charge is 0.260 e. The summed E-state index contributed by atoms with van der Waals surface area (Å²) in [7, 11) is 0. The quantitative estimate of drug-likeness (QED) is 0.711. The number of halogens is 2. The lowest BCUT2D eigenvalue weighted by atomic mass is 10.1. The molecule has 0 saturated carbocycles. The summed E-state index contributed by atoms with van der Waals surface area (Å²) >= 11 is 6.19. The number of ether oxygens (including phenoxy) is 1. The molecule has 0 radical (unpaired) electrons. The van der Waals surface area contributed by atoms with E-state index in [0.717, 1.165) is 34.8 Å². The van der Waals surface area contributed by atoms with Crippen LogP contribution in [0.5, 0.6) is 5.75 Å². The zero-order valence-corrected chi connectivity index (χ0v) is 18.2. The Morgan fingerprint density at radius 1 is 1.10 bits per heavy atom. The molecule has 0 N–H and O–H groups in total. The third kappa shape index (κ3) is 5.28. The Bertz CT molecular complexity index is 849. The van der Waals surface area contributed by atoms with Gasteiger partial charge < -0.3 is 9.64 Å². The first-order valence-corrected chi connectivity index (χ1v) is 10.3. The number of aryl methyl sites for hydroxylation is 2. The van der Waals surface area contributed by atoms with Gasteiger partial charge in [-0.2, -0.15) is 0 Å². The molecule has 1 fully saturated rings. The minimum atomic E-state index is -0.225. The minimum Gasteiger partial charge on any atom is -0.484 e. The Morgan fingerprint density at radius 2 is 1.72 bits per heavy atom. The first kappa shape index (κ1) is 21.6. The highest BCUT2D eigenvalue weighted by Gasteiger charge is 2.32. The van der Waals surface area contributed by atoms with Gasteiger partial charge in [0.2, 0.25) is 0 Å². The van der Waals surface area contributed by atoms with Crippen molar-refractivity contribution in [3.8, 4) is 5.75 Å². The van der Waals surface area contributed by atoms with E-state index in [9.17, 15) is 9.18 Å². The molecule has 0 aromatic heterocycles. The minimum absolute atomic E-state index is 0.00946. The summed E-state index contributed by atoms with van der Waals surface area (Å²) in [5.74, 6) is 0.418. The highest BCUT2D eigenvalue weighted by atomic mass is 35.5. The molecule has 6 heteroatoms. The Morgan fingerprint density at radius 3 is 2.34 bits per heavy atom. The molecule has 1 saturated heterocycles. The third-order valence-electron chi connectivity index (χ3n) is 5.51. The second-order valence-corrected chi connectivity index (χ2v) is 8.34. The van der Waals surface area contributed by atoms with Gasteiger partial charge >= 0.3 is 0 Å². The van der Waals surface area contributed by atoms with Gasteiger partial charge in [-0.15, -0.1) is 0 Å². The molecule has 1 heterocycles. The summed E-state index contributed by atoms with van der Waals surface area (Å²) in [5.41, 5.74) is 2.94. The average Bonchev–Trinajstić information content (AvgIpc) is 2.68. The third-order valence-corrected chi connectivity index (χ3v) is 6.10. The molecule has 156 valence electrons. The van der Waals surface area contributed by atoms with Gasteiger partial charge in [-0.05, 0) is 68.7 Å². The van der Waals surface area contributed by atoms with Gasteiger partial charge in [-0.25, -0.2) is 4.39 Å². The molecule has 0 aliphatic carbocycles. The maximum absolute atomic E-state index is 13.1. The second-order valence-electron chi connectivity index (χ2n) is 7.96. The van der Waals surface area contributed by atoms with Crippen molar-refractivity contribution in [2.24, 2.45) is 0 Å². The van der Waals surface area contributed by atoms with Gasteiger partial charge in [0.1, 0.15) is 11.6 Å². The van der Waals surface area contributed by atoms with Crippen LogP contribution in [0.3, 0.4) is 0 Å². The topological polar surface area (TPSA) is 32.8 Å². The molecule has 2 atom stereocenters. The zero-order chi connectivity index (χ0) is 21.1. The number of carbonyl (C=O) groups excluding carboxylic acids is 1. The molecule has 4 nitrogen and oxygen atoms in total. The SMILES string of the molecule is Cc1cc(OCC(=O)N2CC(C)N(Cc3ccc(F)cc3)CC2C)cc(C)c1Cl. The van der Waals surface area contributed by atoms with E-state index in [1.807, 2.05) is 43.0 Å². The number of amides is 1. The van der Waals surface area contributed by atoms with E-state index in [-0.39, 0.29) is 30.4 Å². The molecule has 2 aromatic carbocycles. The summed E-state index contributed by atoms with van der Waals surface area (Å²) in [4.78, 5) is 17.0. The Labute approximate surface area is 177 Å². The van der Waals surface area contributed by atoms with Gasteiger partial charge in [0, 0.05) is 36.7 Å². The molecule has 29 heavy (non-hydrogen) atoms. The van der Waals surface area contributed by atoms with Gasteiger partial charge in [0.15, 0.2) is 6.61 Å². The van der Waals surface area contributed by atoms with Crippen molar-refractivity contribution in [2.45, 2.75) is 46.3 Å². The molecule has 0 bridgehead atoms. The molecule has 2 unspecified atom stereocenters. The Kier molecular flexibility index (Phi) is 6.81. The van der Waals surface area contributed by atoms with Crippen LogP contribution in [0.2, 0.25) is 5.02 Å². The van der Waals surface area contributed by atoms with E-state index in [4.69, 9.17) is 16.3 Å². The molecule has 1 aliphatic heterocycles. The first-order chi connectivity index (χ1) is 13.7. The number of nitrogens with zero attached hydrogens (tertiary/aromatic N) is 2. The van der Waals surface area contributed by atoms with Gasteiger partial charge in [-0.3, -0.25) is 9.69 Å². The maximum Gasteiger partial charge on any atom is 0.260 e. The van der Waals surface area contributed by atoms with E-state index in [1.54, 1.807) is 0 Å². The lowest BCUT2D eigenvalue weighted by Gasteiger charge is -2.44. The summed E-state index contributed by atoms with van der Waals surface area (Å²) in [5, 5.41) is 0.725. The number of carbonyl (C=O) groups is 1. The highest BCUT2D eigenvalue weighted by molar-refractivity contribution is 6.32. The average molecular weight is 419 g/mol. The predicted molar refractivity (Wildman–Crippen MR) is 114 cm³/mol. The van der Waals surface area contributed by atoms with Crippen LogP contribution in [0.1, 0.15) is 30.5 Å². The number of hydrogen-bond acceptors (Lipinski definition) is 3. The molecular weight excluding hydrogens is 391 g/mol. The van der Waals surface area contributed by atoms with E-state index in [1.165, 1.54) is 12.1 Å². The summed E-state index contributed by atoms with van der Waals surface area (Å²) < 4.78 is 18.9. The summed E-state index contributed by atoms with van der Waals surface area (Å²) in [6, 6.07) is 10.6. The van der Waals surface area contributed by atoms with Crippen molar-refractivity contribution >= 4 is 17.5 Å². The van der Waals surface area contributed by atoms with E-state index in [0.29, 0.717) is 12.3 Å². The van der Waals surface area contributed by atoms with Crippen LogP contribution in [-0.4, -0.2) is 47.5 Å². The monoisotopic (exact) mass is 418 g/mol. The van der Waals surface area contributed by atoms with Crippen LogP contribution in [0.4, 0.5) is 4.39 Å². The molecule has 0 spiro atoms. The van der Waals surface area contributed by atoms with Crippen molar-refractivity contribution in [3.05, 3.63) is 63.9 Å². The van der Waals surface area contributed by atoms with Crippen molar-refractivity contribution in [1.82, 2.24) is 9.80 Å². The van der Waals surface area contributed by atoms with E-state index < -0.39 is 0 Å². The van der Waals surface area contributed by atoms with E-state index in [2.05, 4.69) is 18.7 Å². The summed E-state index contributed by atoms with van der Waals surface area (Å²) in [6.07, 6.45) is 0. The van der Waals surface area contributed by atoms with Gasteiger partial charge in [0.25, 0.3) is 5.91 Å². The van der Waals surface area contributed by atoms with Crippen LogP contribution >= 0.6 is 11.6 Å². The van der Waals surface area contributed by atoms with Crippen molar-refractivity contribution in [1.29, 1.82) is 0 Å². The second kappa shape index (κ2) is 9.14. The number of piperazine rings is 1. The highest BCUT2D eigenvalue weighted by Crippen LogP contribution is 2.26. The van der Waals surface area contributed by atoms with Crippen molar-refractivity contribution in [2.75, 3.05) is 19.7 Å². The van der Waals surface area contributed by atoms with Crippen molar-refractivity contribution in [3.63, 3.8) is 0 Å². The maximum atomic E-state index is 13.1. The van der Waals surface area contributed by atoms with Crippen LogP contribution < -0.4 is 4.74 Å². The van der Waals surface area contributed by atoms with Crippen molar-refractivity contribution < 1.29 is 13.9 Å². The van der Waals surface area contributed by atoms with Gasteiger partial charge in [-0.1, -0.05) is 23.7 Å². The Hall–Kier alpha value is -2.11.